The van der Waals surface area contributed by atoms with Gasteiger partial charge in [-0.15, -0.1) is 0 Å². The summed E-state index contributed by atoms with van der Waals surface area (Å²) in [7, 11) is 0. The third kappa shape index (κ3) is 2.19. The molecule has 2 heterocycles. The van der Waals surface area contributed by atoms with Gasteiger partial charge >= 0.3 is 0 Å². The molecule has 2 aromatic heterocycles. The molecule has 2 aromatic carbocycles. The number of benzene rings is 2. The lowest BCUT2D eigenvalue weighted by Crippen LogP contribution is -2.06. The Morgan fingerprint density at radius 1 is 0.917 bits per heavy atom. The molecule has 4 nitrogen and oxygen atoms in total. The molecule has 0 aliphatic heterocycles. The lowest BCUT2D eigenvalue weighted by molar-refractivity contribution is -0.114. The fourth-order valence-corrected chi connectivity index (χ4v) is 3.20. The van der Waals surface area contributed by atoms with Crippen LogP contribution in [0.2, 0.25) is 0 Å². The van der Waals surface area contributed by atoms with E-state index in [2.05, 4.69) is 5.32 Å². The molecule has 0 fully saturated rings. The van der Waals surface area contributed by atoms with E-state index in [0.29, 0.717) is 0 Å². The van der Waals surface area contributed by atoms with E-state index >= 15 is 0 Å². The number of anilines is 1. The van der Waals surface area contributed by atoms with E-state index in [-0.39, 0.29) is 5.91 Å². The van der Waals surface area contributed by atoms with Crippen LogP contribution in [0.25, 0.3) is 33.1 Å². The van der Waals surface area contributed by atoms with Gasteiger partial charge in [-0.3, -0.25) is 4.79 Å². The van der Waals surface area contributed by atoms with Gasteiger partial charge in [-0.25, -0.2) is 0 Å². The molecule has 0 spiro atoms. The van der Waals surface area contributed by atoms with Crippen molar-refractivity contribution in [2.24, 2.45) is 0 Å². The molecule has 0 saturated carbocycles. The molecule has 120 valence electrons. The molecule has 4 rings (SSSR count). The van der Waals surface area contributed by atoms with E-state index in [9.17, 15) is 4.79 Å². The number of fused-ring (bicyclic) bond motifs is 2. The summed E-state index contributed by atoms with van der Waals surface area (Å²) in [6.07, 6.45) is 0. The molecule has 4 heteroatoms. The summed E-state index contributed by atoms with van der Waals surface area (Å²) in [5, 5.41) is 5.79. The van der Waals surface area contributed by atoms with Crippen LogP contribution in [0, 0.1) is 13.8 Å². The number of aryl methyl sites for hydroxylation is 2. The first-order valence-electron chi connectivity index (χ1n) is 7.84. The summed E-state index contributed by atoms with van der Waals surface area (Å²) < 4.78 is 11.9. The SMILES string of the molecule is CC(=O)Nc1c2ccccc2c(-c2ccc(C)o2)c2oc(C)cc12. The summed E-state index contributed by atoms with van der Waals surface area (Å²) in [5.74, 6) is 2.28. The van der Waals surface area contributed by atoms with Gasteiger partial charge in [-0.05, 0) is 37.4 Å². The number of hydrogen-bond acceptors (Lipinski definition) is 3. The molecule has 0 atom stereocenters. The second-order valence-corrected chi connectivity index (χ2v) is 5.99. The molecule has 0 saturated heterocycles. The van der Waals surface area contributed by atoms with Crippen molar-refractivity contribution in [2.75, 3.05) is 5.32 Å². The zero-order valence-corrected chi connectivity index (χ0v) is 13.8. The molecule has 0 radical (unpaired) electrons. The third-order valence-electron chi connectivity index (χ3n) is 4.11. The van der Waals surface area contributed by atoms with Gasteiger partial charge in [0.2, 0.25) is 5.91 Å². The van der Waals surface area contributed by atoms with Crippen LogP contribution in [0.4, 0.5) is 5.69 Å². The van der Waals surface area contributed by atoms with Crippen molar-refractivity contribution in [3.05, 3.63) is 54.0 Å². The Morgan fingerprint density at radius 2 is 1.67 bits per heavy atom. The van der Waals surface area contributed by atoms with Crippen molar-refractivity contribution in [1.82, 2.24) is 0 Å². The molecule has 24 heavy (non-hydrogen) atoms. The fourth-order valence-electron chi connectivity index (χ4n) is 3.20. The summed E-state index contributed by atoms with van der Waals surface area (Å²) in [5.41, 5.74) is 2.41. The highest BCUT2D eigenvalue weighted by atomic mass is 16.4. The van der Waals surface area contributed by atoms with Crippen LogP contribution in [0.5, 0.6) is 0 Å². The average Bonchev–Trinajstić information content (AvgIpc) is 3.12. The van der Waals surface area contributed by atoms with Gasteiger partial charge in [-0.1, -0.05) is 24.3 Å². The van der Waals surface area contributed by atoms with Crippen LogP contribution in [0.15, 0.2) is 51.3 Å². The number of furan rings is 2. The lowest BCUT2D eigenvalue weighted by Gasteiger charge is -2.12. The van der Waals surface area contributed by atoms with Gasteiger partial charge in [0.25, 0.3) is 0 Å². The van der Waals surface area contributed by atoms with Crippen molar-refractivity contribution in [3.8, 4) is 11.3 Å². The Labute approximate surface area is 139 Å². The molecule has 1 N–H and O–H groups in total. The van der Waals surface area contributed by atoms with Crippen LogP contribution in [-0.2, 0) is 4.79 Å². The second-order valence-electron chi connectivity index (χ2n) is 5.99. The van der Waals surface area contributed by atoms with Gasteiger partial charge in [0, 0.05) is 17.7 Å². The number of carbonyl (C=O) groups excluding carboxylic acids is 1. The first-order chi connectivity index (χ1) is 11.5. The summed E-state index contributed by atoms with van der Waals surface area (Å²) >= 11 is 0. The number of rotatable bonds is 2. The number of hydrogen-bond donors (Lipinski definition) is 1. The molecule has 0 bridgehead atoms. The quantitative estimate of drug-likeness (QED) is 0.536. The fraction of sp³-hybridized carbons (Fsp3) is 0.150. The van der Waals surface area contributed by atoms with Crippen LogP contribution < -0.4 is 5.32 Å². The van der Waals surface area contributed by atoms with Gasteiger partial charge in [0.1, 0.15) is 22.9 Å². The number of nitrogens with one attached hydrogen (secondary N) is 1. The zero-order valence-electron chi connectivity index (χ0n) is 13.8. The molecule has 0 aliphatic carbocycles. The molecular weight excluding hydrogens is 302 g/mol. The van der Waals surface area contributed by atoms with Crippen LogP contribution in [-0.4, -0.2) is 5.91 Å². The van der Waals surface area contributed by atoms with Crippen LogP contribution >= 0.6 is 0 Å². The maximum Gasteiger partial charge on any atom is 0.221 e. The monoisotopic (exact) mass is 319 g/mol. The Bertz CT molecular complexity index is 1090. The van der Waals surface area contributed by atoms with E-state index < -0.39 is 0 Å². The summed E-state index contributed by atoms with van der Waals surface area (Å²) in [6.45, 7) is 5.33. The molecule has 0 aliphatic rings. The highest BCUT2D eigenvalue weighted by Crippen LogP contribution is 2.43. The number of amides is 1. The van der Waals surface area contributed by atoms with Crippen molar-refractivity contribution >= 4 is 33.3 Å². The zero-order chi connectivity index (χ0) is 16.8. The number of carbonyl (C=O) groups is 1. The lowest BCUT2D eigenvalue weighted by atomic mass is 9.97. The Kier molecular flexibility index (Phi) is 3.20. The Hall–Kier alpha value is -3.01. The van der Waals surface area contributed by atoms with Crippen LogP contribution in [0.1, 0.15) is 18.4 Å². The van der Waals surface area contributed by atoms with E-state index in [4.69, 9.17) is 8.83 Å². The van der Waals surface area contributed by atoms with E-state index in [1.54, 1.807) is 0 Å². The first kappa shape index (κ1) is 14.6. The van der Waals surface area contributed by atoms with E-state index in [1.807, 2.05) is 56.3 Å². The van der Waals surface area contributed by atoms with E-state index in [1.165, 1.54) is 6.92 Å². The van der Waals surface area contributed by atoms with Gasteiger partial charge in [-0.2, -0.15) is 0 Å². The minimum atomic E-state index is -0.109. The van der Waals surface area contributed by atoms with Gasteiger partial charge in [0.15, 0.2) is 0 Å². The average molecular weight is 319 g/mol. The topological polar surface area (TPSA) is 55.4 Å². The van der Waals surface area contributed by atoms with Crippen molar-refractivity contribution in [3.63, 3.8) is 0 Å². The second kappa shape index (κ2) is 5.27. The van der Waals surface area contributed by atoms with Gasteiger partial charge < -0.3 is 14.2 Å². The minimum absolute atomic E-state index is 0.109. The molecular formula is C20H17NO3. The predicted molar refractivity (Wildman–Crippen MR) is 95.2 cm³/mol. The maximum atomic E-state index is 11.7. The first-order valence-corrected chi connectivity index (χ1v) is 7.84. The summed E-state index contributed by atoms with van der Waals surface area (Å²) in [6, 6.07) is 13.8. The Balaban J connectivity index is 2.20. The molecule has 1 amide bonds. The highest BCUT2D eigenvalue weighted by Gasteiger charge is 2.20. The smallest absolute Gasteiger partial charge is 0.221 e. The summed E-state index contributed by atoms with van der Waals surface area (Å²) in [4.78, 5) is 11.7. The predicted octanol–water partition coefficient (Wildman–Crippen LogP) is 5.42. The Morgan fingerprint density at radius 3 is 2.33 bits per heavy atom. The normalized spacial score (nSPS) is 11.3. The van der Waals surface area contributed by atoms with Crippen molar-refractivity contribution in [1.29, 1.82) is 0 Å². The highest BCUT2D eigenvalue weighted by molar-refractivity contribution is 6.20. The minimum Gasteiger partial charge on any atom is -0.461 e. The standard InChI is InChI=1S/C20H17NO3/c1-11-8-9-17(23-11)18-14-6-4-5-7-15(14)19(21-13(3)22)16-10-12(2)24-20(16)18/h4-10H,1-3H3,(H,21,22). The van der Waals surface area contributed by atoms with Crippen molar-refractivity contribution < 1.29 is 13.6 Å². The maximum absolute atomic E-state index is 11.7. The largest absolute Gasteiger partial charge is 0.461 e. The molecule has 4 aromatic rings. The third-order valence-corrected chi connectivity index (χ3v) is 4.11. The molecule has 0 unspecified atom stereocenters. The van der Waals surface area contributed by atoms with Crippen molar-refractivity contribution in [2.45, 2.75) is 20.8 Å². The van der Waals surface area contributed by atoms with E-state index in [0.717, 1.165) is 50.3 Å². The van der Waals surface area contributed by atoms with Gasteiger partial charge in [0.05, 0.1) is 11.3 Å². The van der Waals surface area contributed by atoms with Crippen LogP contribution in [0.3, 0.4) is 0 Å².